The molecule has 2 N–H and O–H groups in total. The summed E-state index contributed by atoms with van der Waals surface area (Å²) in [6.45, 7) is 3.02. The van der Waals surface area contributed by atoms with Crippen LogP contribution in [0.4, 0.5) is 0 Å². The van der Waals surface area contributed by atoms with Gasteiger partial charge < -0.3 is 19.9 Å². The summed E-state index contributed by atoms with van der Waals surface area (Å²) in [5.41, 5.74) is 1.06. The summed E-state index contributed by atoms with van der Waals surface area (Å²) in [7, 11) is 2.96. The Kier molecular flexibility index (Phi) is 4.74. The smallest absolute Gasteiger partial charge is 0.331 e. The Morgan fingerprint density at radius 2 is 1.89 bits per heavy atom. The van der Waals surface area contributed by atoms with Gasteiger partial charge in [0.1, 0.15) is 11.5 Å². The number of rotatable bonds is 5. The lowest BCUT2D eigenvalue weighted by molar-refractivity contribution is -0.141. The topological polar surface area (TPSA) is 84.9 Å². The van der Waals surface area contributed by atoms with Crippen molar-refractivity contribution in [1.29, 1.82) is 0 Å². The summed E-state index contributed by atoms with van der Waals surface area (Å²) >= 11 is 0. The third kappa shape index (κ3) is 3.15. The fourth-order valence-electron chi connectivity index (χ4n) is 1.89. The van der Waals surface area contributed by atoms with Crippen LogP contribution in [0.3, 0.4) is 0 Å². The van der Waals surface area contributed by atoms with Crippen molar-refractivity contribution >= 4 is 11.9 Å². The predicted molar refractivity (Wildman–Crippen MR) is 68.5 cm³/mol. The number of carbonyl (C=O) groups is 2. The molecule has 1 aromatic rings. The van der Waals surface area contributed by atoms with Crippen LogP contribution in [0.1, 0.15) is 24.1 Å². The molecule has 0 radical (unpaired) electrons. The highest BCUT2D eigenvalue weighted by molar-refractivity contribution is 5.84. The lowest BCUT2D eigenvalue weighted by atomic mass is 10.0. The molecule has 0 saturated carbocycles. The van der Waals surface area contributed by atoms with Gasteiger partial charge in [-0.25, -0.2) is 4.79 Å². The maximum atomic E-state index is 11.3. The second-order valence-electron chi connectivity index (χ2n) is 3.99. The Hall–Kier alpha value is -2.24. The van der Waals surface area contributed by atoms with Crippen molar-refractivity contribution in [2.24, 2.45) is 0 Å². The van der Waals surface area contributed by atoms with Crippen LogP contribution in [-0.4, -0.2) is 31.2 Å². The van der Waals surface area contributed by atoms with Crippen LogP contribution in [-0.2, 0) is 9.59 Å². The lowest BCUT2D eigenvalue weighted by Gasteiger charge is -2.19. The number of amides is 1. The van der Waals surface area contributed by atoms with Gasteiger partial charge in [0.05, 0.1) is 14.2 Å². The van der Waals surface area contributed by atoms with Gasteiger partial charge in [-0.15, -0.1) is 0 Å². The molecule has 104 valence electrons. The maximum absolute atomic E-state index is 11.3. The minimum atomic E-state index is -1.16. The molecule has 1 aromatic carbocycles. The Morgan fingerprint density at radius 3 is 2.32 bits per heavy atom. The van der Waals surface area contributed by atoms with Crippen molar-refractivity contribution in [3.8, 4) is 11.5 Å². The molecule has 0 aliphatic heterocycles. The number of ether oxygens (including phenoxy) is 2. The van der Waals surface area contributed by atoms with E-state index >= 15 is 0 Å². The zero-order valence-electron chi connectivity index (χ0n) is 11.3. The summed E-state index contributed by atoms with van der Waals surface area (Å²) in [4.78, 5) is 22.4. The van der Waals surface area contributed by atoms with Crippen LogP contribution in [0.25, 0.3) is 0 Å². The quantitative estimate of drug-likeness (QED) is 0.839. The number of carboxylic acids is 1. The van der Waals surface area contributed by atoms with Crippen LogP contribution < -0.4 is 14.8 Å². The van der Waals surface area contributed by atoms with E-state index in [9.17, 15) is 14.7 Å². The van der Waals surface area contributed by atoms with E-state index in [0.29, 0.717) is 22.6 Å². The zero-order valence-corrected chi connectivity index (χ0v) is 11.3. The first-order valence-electron chi connectivity index (χ1n) is 5.63. The Balaban J connectivity index is 3.34. The molecule has 1 amide bonds. The minimum absolute atomic E-state index is 0.378. The Bertz CT molecular complexity index is 498. The number of hydrogen-bond acceptors (Lipinski definition) is 4. The lowest BCUT2D eigenvalue weighted by Crippen LogP contribution is -2.32. The summed E-state index contributed by atoms with van der Waals surface area (Å²) < 4.78 is 10.4. The van der Waals surface area contributed by atoms with E-state index in [1.54, 1.807) is 19.1 Å². The number of hydrogen-bond donors (Lipinski definition) is 2. The second kappa shape index (κ2) is 6.08. The molecule has 0 bridgehead atoms. The van der Waals surface area contributed by atoms with Crippen LogP contribution in [0, 0.1) is 6.92 Å². The molecular formula is C13H17NO5. The van der Waals surface area contributed by atoms with Crippen LogP contribution in [0.2, 0.25) is 0 Å². The van der Waals surface area contributed by atoms with Gasteiger partial charge in [0.25, 0.3) is 0 Å². The standard InChI is InChI=1S/C13H17NO5/c1-7-10(18-3)6-5-9(12(7)19-4)11(13(16)17)14-8(2)15/h5-6,11H,1-4H3,(H,14,15)(H,16,17). The first-order chi connectivity index (χ1) is 8.92. The molecule has 1 atom stereocenters. The van der Waals surface area contributed by atoms with Crippen molar-refractivity contribution in [3.63, 3.8) is 0 Å². The number of carbonyl (C=O) groups excluding carboxylic acids is 1. The van der Waals surface area contributed by atoms with E-state index < -0.39 is 17.9 Å². The van der Waals surface area contributed by atoms with E-state index in [1.165, 1.54) is 21.1 Å². The SMILES string of the molecule is COc1ccc(C(NC(C)=O)C(=O)O)c(OC)c1C. The summed E-state index contributed by atoms with van der Waals surface area (Å²) in [6, 6.07) is 2.06. The summed E-state index contributed by atoms with van der Waals surface area (Å²) in [5.74, 6) is -0.603. The van der Waals surface area contributed by atoms with Gasteiger partial charge in [0, 0.05) is 18.1 Å². The molecule has 0 spiro atoms. The van der Waals surface area contributed by atoms with E-state index in [1.807, 2.05) is 0 Å². The van der Waals surface area contributed by atoms with Crippen LogP contribution in [0.5, 0.6) is 11.5 Å². The number of carboxylic acid groups (broad SMARTS) is 1. The average molecular weight is 267 g/mol. The van der Waals surface area contributed by atoms with E-state index in [0.717, 1.165) is 0 Å². The van der Waals surface area contributed by atoms with Gasteiger partial charge in [-0.1, -0.05) is 0 Å². The van der Waals surface area contributed by atoms with Gasteiger partial charge in [0.15, 0.2) is 6.04 Å². The normalized spacial score (nSPS) is 11.6. The highest BCUT2D eigenvalue weighted by Crippen LogP contribution is 2.34. The van der Waals surface area contributed by atoms with Gasteiger partial charge in [-0.3, -0.25) is 4.79 Å². The van der Waals surface area contributed by atoms with Crippen LogP contribution in [0.15, 0.2) is 12.1 Å². The molecule has 0 aliphatic carbocycles. The molecule has 1 rings (SSSR count). The van der Waals surface area contributed by atoms with E-state index in [2.05, 4.69) is 5.32 Å². The maximum Gasteiger partial charge on any atom is 0.331 e. The van der Waals surface area contributed by atoms with Gasteiger partial charge in [-0.05, 0) is 19.1 Å². The van der Waals surface area contributed by atoms with E-state index in [-0.39, 0.29) is 0 Å². The first kappa shape index (κ1) is 14.8. The van der Waals surface area contributed by atoms with E-state index in [4.69, 9.17) is 9.47 Å². The molecule has 1 unspecified atom stereocenters. The van der Waals surface area contributed by atoms with Gasteiger partial charge in [0.2, 0.25) is 5.91 Å². The van der Waals surface area contributed by atoms with Gasteiger partial charge in [-0.2, -0.15) is 0 Å². The second-order valence-corrected chi connectivity index (χ2v) is 3.99. The highest BCUT2D eigenvalue weighted by atomic mass is 16.5. The molecule has 6 nitrogen and oxygen atoms in total. The van der Waals surface area contributed by atoms with Crippen molar-refractivity contribution in [2.45, 2.75) is 19.9 Å². The zero-order chi connectivity index (χ0) is 14.6. The number of aliphatic carboxylic acids is 1. The molecule has 0 aromatic heterocycles. The number of benzene rings is 1. The predicted octanol–water partition coefficient (Wildman–Crippen LogP) is 1.27. The van der Waals surface area contributed by atoms with Gasteiger partial charge >= 0.3 is 5.97 Å². The average Bonchev–Trinajstić information content (AvgIpc) is 2.35. The fraction of sp³-hybridized carbons (Fsp3) is 0.385. The molecule has 0 saturated heterocycles. The summed E-state index contributed by atoms with van der Waals surface area (Å²) in [6.07, 6.45) is 0. The van der Waals surface area contributed by atoms with Crippen molar-refractivity contribution in [1.82, 2.24) is 5.32 Å². The van der Waals surface area contributed by atoms with Crippen molar-refractivity contribution in [2.75, 3.05) is 14.2 Å². The summed E-state index contributed by atoms with van der Waals surface area (Å²) in [5, 5.41) is 11.6. The third-order valence-electron chi connectivity index (χ3n) is 2.72. The molecular weight excluding hydrogens is 250 g/mol. The fourth-order valence-corrected chi connectivity index (χ4v) is 1.89. The largest absolute Gasteiger partial charge is 0.496 e. The van der Waals surface area contributed by atoms with Crippen LogP contribution >= 0.6 is 0 Å². The van der Waals surface area contributed by atoms with Crippen molar-refractivity contribution in [3.05, 3.63) is 23.3 Å². The molecule has 0 aliphatic rings. The Morgan fingerprint density at radius 1 is 1.26 bits per heavy atom. The molecule has 0 fully saturated rings. The number of methoxy groups -OCH3 is 2. The minimum Gasteiger partial charge on any atom is -0.496 e. The third-order valence-corrected chi connectivity index (χ3v) is 2.72. The number of nitrogens with one attached hydrogen (secondary N) is 1. The first-order valence-corrected chi connectivity index (χ1v) is 5.63. The molecule has 0 heterocycles. The molecule has 19 heavy (non-hydrogen) atoms. The monoisotopic (exact) mass is 267 g/mol. The Labute approximate surface area is 111 Å². The molecule has 6 heteroatoms. The van der Waals surface area contributed by atoms with Crippen molar-refractivity contribution < 1.29 is 24.2 Å². The highest BCUT2D eigenvalue weighted by Gasteiger charge is 2.26.